The highest BCUT2D eigenvalue weighted by Crippen LogP contribution is 2.27. The van der Waals surface area contributed by atoms with E-state index in [2.05, 4.69) is 4.98 Å². The van der Waals surface area contributed by atoms with Crippen LogP contribution in [0.1, 0.15) is 25.0 Å². The zero-order valence-electron chi connectivity index (χ0n) is 14.4. The van der Waals surface area contributed by atoms with Crippen molar-refractivity contribution in [2.75, 3.05) is 7.11 Å². The van der Waals surface area contributed by atoms with Crippen LogP contribution in [-0.2, 0) is 0 Å². The fourth-order valence-corrected chi connectivity index (χ4v) is 2.58. The molecule has 0 aliphatic carbocycles. The van der Waals surface area contributed by atoms with Gasteiger partial charge in [-0.3, -0.25) is 4.79 Å². The summed E-state index contributed by atoms with van der Waals surface area (Å²) in [6, 6.07) is 13.8. The minimum absolute atomic E-state index is 0.0925. The molecular weight excluding hydrogens is 286 g/mol. The Balaban J connectivity index is 0.000000924. The van der Waals surface area contributed by atoms with E-state index in [-0.39, 0.29) is 5.56 Å². The molecule has 0 atom stereocenters. The van der Waals surface area contributed by atoms with Crippen LogP contribution in [-0.4, -0.2) is 12.1 Å². The number of pyridine rings is 1. The van der Waals surface area contributed by atoms with E-state index in [1.807, 2.05) is 64.1 Å². The number of aryl methyl sites for hydroxylation is 2. The molecule has 3 aromatic rings. The molecule has 0 unspecified atom stereocenters. The van der Waals surface area contributed by atoms with Crippen molar-refractivity contribution < 1.29 is 4.74 Å². The lowest BCUT2D eigenvalue weighted by Crippen LogP contribution is -2.09. The highest BCUT2D eigenvalue weighted by molar-refractivity contribution is 5.90. The number of aromatic nitrogens is 1. The first-order chi connectivity index (χ1) is 11.1. The van der Waals surface area contributed by atoms with Gasteiger partial charge in [0.25, 0.3) is 5.56 Å². The Morgan fingerprint density at radius 2 is 1.57 bits per heavy atom. The molecule has 120 valence electrons. The summed E-state index contributed by atoms with van der Waals surface area (Å²) >= 11 is 0. The second kappa shape index (κ2) is 7.14. The topological polar surface area (TPSA) is 42.1 Å². The molecule has 1 aromatic heterocycles. The van der Waals surface area contributed by atoms with E-state index >= 15 is 0 Å². The standard InChI is InChI=1S/C18H17NO2.C2H6/c1-11-4-6-13(7-5-11)17-12(2)15-9-8-14(21-3)10-16(15)18(20)19-17;1-2/h4-10H,1-3H3,(H,19,20);1-2H3. The summed E-state index contributed by atoms with van der Waals surface area (Å²) in [5.74, 6) is 0.690. The Labute approximate surface area is 136 Å². The quantitative estimate of drug-likeness (QED) is 0.735. The number of rotatable bonds is 2. The minimum Gasteiger partial charge on any atom is -0.497 e. The monoisotopic (exact) mass is 309 g/mol. The van der Waals surface area contributed by atoms with E-state index in [1.165, 1.54) is 5.56 Å². The van der Waals surface area contributed by atoms with Gasteiger partial charge in [0.1, 0.15) is 5.75 Å². The molecule has 2 aromatic carbocycles. The third kappa shape index (κ3) is 3.29. The van der Waals surface area contributed by atoms with E-state index in [9.17, 15) is 4.79 Å². The van der Waals surface area contributed by atoms with Gasteiger partial charge >= 0.3 is 0 Å². The van der Waals surface area contributed by atoms with Crippen molar-refractivity contribution in [1.29, 1.82) is 0 Å². The third-order valence-electron chi connectivity index (χ3n) is 3.83. The molecule has 0 saturated carbocycles. The van der Waals surface area contributed by atoms with Crippen molar-refractivity contribution in [1.82, 2.24) is 4.98 Å². The summed E-state index contributed by atoms with van der Waals surface area (Å²) in [5, 5.41) is 1.61. The Hall–Kier alpha value is -2.55. The van der Waals surface area contributed by atoms with Crippen molar-refractivity contribution in [3.63, 3.8) is 0 Å². The number of methoxy groups -OCH3 is 1. The van der Waals surface area contributed by atoms with Crippen LogP contribution < -0.4 is 10.3 Å². The molecular formula is C20H23NO2. The normalized spacial score (nSPS) is 10.1. The van der Waals surface area contributed by atoms with Gasteiger partial charge in [-0.1, -0.05) is 49.7 Å². The highest BCUT2D eigenvalue weighted by Gasteiger charge is 2.10. The van der Waals surface area contributed by atoms with Crippen LogP contribution >= 0.6 is 0 Å². The van der Waals surface area contributed by atoms with Crippen LogP contribution in [0.15, 0.2) is 47.3 Å². The third-order valence-corrected chi connectivity index (χ3v) is 3.83. The van der Waals surface area contributed by atoms with Gasteiger partial charge in [0.05, 0.1) is 18.2 Å². The molecule has 0 spiro atoms. The molecule has 1 heterocycles. The van der Waals surface area contributed by atoms with Gasteiger partial charge in [-0.15, -0.1) is 0 Å². The van der Waals surface area contributed by atoms with E-state index in [4.69, 9.17) is 4.74 Å². The molecule has 0 amide bonds. The highest BCUT2D eigenvalue weighted by atomic mass is 16.5. The Morgan fingerprint density at radius 1 is 0.913 bits per heavy atom. The van der Waals surface area contributed by atoms with Gasteiger partial charge in [0, 0.05) is 0 Å². The first kappa shape index (κ1) is 16.8. The zero-order chi connectivity index (χ0) is 17.0. The molecule has 0 aliphatic rings. The van der Waals surface area contributed by atoms with Gasteiger partial charge in [-0.25, -0.2) is 0 Å². The van der Waals surface area contributed by atoms with Gasteiger partial charge in [-0.2, -0.15) is 0 Å². The molecule has 0 bridgehead atoms. The number of H-pyrrole nitrogens is 1. The van der Waals surface area contributed by atoms with Crippen molar-refractivity contribution in [3.8, 4) is 17.0 Å². The summed E-state index contributed by atoms with van der Waals surface area (Å²) < 4.78 is 5.19. The summed E-state index contributed by atoms with van der Waals surface area (Å²) in [7, 11) is 1.60. The summed E-state index contributed by atoms with van der Waals surface area (Å²) in [6.07, 6.45) is 0. The number of benzene rings is 2. The molecule has 0 radical (unpaired) electrons. The number of nitrogens with one attached hydrogen (secondary N) is 1. The summed E-state index contributed by atoms with van der Waals surface area (Å²) in [4.78, 5) is 15.3. The maximum absolute atomic E-state index is 12.3. The predicted octanol–water partition coefficient (Wildman–Crippen LogP) is 4.85. The zero-order valence-corrected chi connectivity index (χ0v) is 14.4. The largest absolute Gasteiger partial charge is 0.497 e. The van der Waals surface area contributed by atoms with Gasteiger partial charge in [-0.05, 0) is 42.5 Å². The maximum atomic E-state index is 12.3. The first-order valence-corrected chi connectivity index (χ1v) is 7.88. The number of ether oxygens (including phenoxy) is 1. The van der Waals surface area contributed by atoms with E-state index in [0.717, 1.165) is 22.2 Å². The Bertz CT molecular complexity index is 861. The second-order valence-corrected chi connectivity index (χ2v) is 5.23. The van der Waals surface area contributed by atoms with Crippen LogP contribution in [0.3, 0.4) is 0 Å². The van der Waals surface area contributed by atoms with Crippen LogP contribution in [0, 0.1) is 13.8 Å². The van der Waals surface area contributed by atoms with Crippen LogP contribution in [0.5, 0.6) is 5.75 Å². The fourth-order valence-electron chi connectivity index (χ4n) is 2.58. The van der Waals surface area contributed by atoms with Gasteiger partial charge in [0.15, 0.2) is 0 Å². The number of fused-ring (bicyclic) bond motifs is 1. The molecule has 3 heteroatoms. The van der Waals surface area contributed by atoms with Gasteiger partial charge in [0.2, 0.25) is 0 Å². The van der Waals surface area contributed by atoms with Crippen LogP contribution in [0.25, 0.3) is 22.0 Å². The molecule has 3 nitrogen and oxygen atoms in total. The number of hydrogen-bond donors (Lipinski definition) is 1. The maximum Gasteiger partial charge on any atom is 0.256 e. The minimum atomic E-state index is -0.0925. The van der Waals surface area contributed by atoms with E-state index < -0.39 is 0 Å². The SMILES string of the molecule is CC.COc1ccc2c(C)c(-c3ccc(C)cc3)[nH]c(=O)c2c1. The lowest BCUT2D eigenvalue weighted by Gasteiger charge is -2.10. The Kier molecular flexibility index (Phi) is 5.22. The summed E-state index contributed by atoms with van der Waals surface area (Å²) in [6.45, 7) is 8.08. The van der Waals surface area contributed by atoms with Crippen molar-refractivity contribution >= 4 is 10.8 Å². The number of aromatic amines is 1. The Morgan fingerprint density at radius 3 is 2.17 bits per heavy atom. The average molecular weight is 309 g/mol. The van der Waals surface area contributed by atoms with Crippen molar-refractivity contribution in [2.45, 2.75) is 27.7 Å². The molecule has 3 rings (SSSR count). The van der Waals surface area contributed by atoms with Crippen LogP contribution in [0.4, 0.5) is 0 Å². The molecule has 0 aliphatic heterocycles. The predicted molar refractivity (Wildman–Crippen MR) is 97.4 cm³/mol. The molecule has 23 heavy (non-hydrogen) atoms. The average Bonchev–Trinajstić information content (AvgIpc) is 2.60. The fraction of sp³-hybridized carbons (Fsp3) is 0.250. The number of hydrogen-bond acceptors (Lipinski definition) is 2. The molecule has 1 N–H and O–H groups in total. The molecule has 0 fully saturated rings. The van der Waals surface area contributed by atoms with E-state index in [0.29, 0.717) is 11.1 Å². The van der Waals surface area contributed by atoms with Crippen molar-refractivity contribution in [2.24, 2.45) is 0 Å². The molecule has 0 saturated heterocycles. The lowest BCUT2D eigenvalue weighted by atomic mass is 10.00. The summed E-state index contributed by atoms with van der Waals surface area (Å²) in [5.41, 5.74) is 4.07. The van der Waals surface area contributed by atoms with E-state index in [1.54, 1.807) is 13.2 Å². The second-order valence-electron chi connectivity index (χ2n) is 5.23. The lowest BCUT2D eigenvalue weighted by molar-refractivity contribution is 0.415. The van der Waals surface area contributed by atoms with Crippen molar-refractivity contribution in [3.05, 3.63) is 63.9 Å². The van der Waals surface area contributed by atoms with Gasteiger partial charge < -0.3 is 9.72 Å². The first-order valence-electron chi connectivity index (χ1n) is 7.88. The van der Waals surface area contributed by atoms with Crippen LogP contribution in [0.2, 0.25) is 0 Å². The smallest absolute Gasteiger partial charge is 0.256 e.